The van der Waals surface area contributed by atoms with Crippen LogP contribution in [0.4, 0.5) is 0 Å². The second-order valence-corrected chi connectivity index (χ2v) is 3.85. The fraction of sp³-hybridized carbons (Fsp3) is 0.889. The molecule has 1 saturated carbocycles. The van der Waals surface area contributed by atoms with Crippen LogP contribution in [-0.2, 0) is 9.53 Å². The molecule has 0 heterocycles. The normalized spacial score (nSPS) is 36.1. The molecule has 1 aliphatic carbocycles. The van der Waals surface area contributed by atoms with E-state index >= 15 is 0 Å². The van der Waals surface area contributed by atoms with Crippen molar-refractivity contribution in [3.05, 3.63) is 0 Å². The van der Waals surface area contributed by atoms with E-state index in [2.05, 4.69) is 11.7 Å². The Morgan fingerprint density at radius 3 is 2.83 bits per heavy atom. The van der Waals surface area contributed by atoms with Gasteiger partial charge in [-0.3, -0.25) is 4.79 Å². The highest BCUT2D eigenvalue weighted by molar-refractivity contribution is 5.80. The van der Waals surface area contributed by atoms with Crippen LogP contribution in [0.25, 0.3) is 0 Å². The molecule has 0 saturated heterocycles. The van der Waals surface area contributed by atoms with E-state index < -0.39 is 5.54 Å². The van der Waals surface area contributed by atoms with Crippen LogP contribution in [0.2, 0.25) is 0 Å². The van der Waals surface area contributed by atoms with Gasteiger partial charge in [-0.1, -0.05) is 19.8 Å². The molecule has 3 heteroatoms. The second-order valence-electron chi connectivity index (χ2n) is 3.85. The van der Waals surface area contributed by atoms with Gasteiger partial charge in [-0.05, 0) is 18.8 Å². The fourth-order valence-corrected chi connectivity index (χ4v) is 1.98. The van der Waals surface area contributed by atoms with Crippen LogP contribution in [-0.4, -0.2) is 18.6 Å². The maximum absolute atomic E-state index is 11.3. The van der Waals surface area contributed by atoms with Gasteiger partial charge in [0, 0.05) is 0 Å². The van der Waals surface area contributed by atoms with Crippen molar-refractivity contribution < 1.29 is 9.53 Å². The van der Waals surface area contributed by atoms with Gasteiger partial charge in [-0.2, -0.15) is 0 Å². The quantitative estimate of drug-likeness (QED) is 0.600. The minimum Gasteiger partial charge on any atom is -0.468 e. The topological polar surface area (TPSA) is 52.3 Å². The molecule has 0 spiro atoms. The molecule has 2 N–H and O–H groups in total. The Kier molecular flexibility index (Phi) is 2.73. The Morgan fingerprint density at radius 1 is 1.67 bits per heavy atom. The number of nitrogens with two attached hydrogens (primary N) is 1. The van der Waals surface area contributed by atoms with Gasteiger partial charge in [-0.25, -0.2) is 0 Å². The predicted molar refractivity (Wildman–Crippen MR) is 46.6 cm³/mol. The van der Waals surface area contributed by atoms with Gasteiger partial charge in [-0.15, -0.1) is 0 Å². The first-order valence-corrected chi connectivity index (χ1v) is 4.46. The van der Waals surface area contributed by atoms with Crippen LogP contribution in [0.3, 0.4) is 0 Å². The van der Waals surface area contributed by atoms with Gasteiger partial charge in [0.2, 0.25) is 0 Å². The van der Waals surface area contributed by atoms with Gasteiger partial charge >= 0.3 is 5.97 Å². The minimum absolute atomic E-state index is 0.256. The number of ether oxygens (including phenoxy) is 1. The Balaban J connectivity index is 2.63. The lowest BCUT2D eigenvalue weighted by Gasteiger charge is -2.33. The molecule has 0 bridgehead atoms. The van der Waals surface area contributed by atoms with E-state index in [9.17, 15) is 4.79 Å². The summed E-state index contributed by atoms with van der Waals surface area (Å²) in [6, 6.07) is 0. The Hall–Kier alpha value is -0.570. The molecule has 70 valence electrons. The highest BCUT2D eigenvalue weighted by Gasteiger charge is 2.38. The summed E-state index contributed by atoms with van der Waals surface area (Å²) in [4.78, 5) is 11.3. The minimum atomic E-state index is -0.702. The third kappa shape index (κ3) is 1.78. The van der Waals surface area contributed by atoms with E-state index in [1.54, 1.807) is 0 Å². The molecule has 0 unspecified atom stereocenters. The molecule has 12 heavy (non-hydrogen) atoms. The van der Waals surface area contributed by atoms with Gasteiger partial charge in [0.1, 0.15) is 5.54 Å². The third-order valence-corrected chi connectivity index (χ3v) is 2.62. The molecular formula is C9H17NO2. The predicted octanol–water partition coefficient (Wildman–Crippen LogP) is 1.07. The standard InChI is InChI=1S/C9H17NO2/c1-7-4-3-5-9(10,6-7)8(11)12-2/h7H,3-6,10H2,1-2H3/t7-,9-/m1/s1. The Bertz CT molecular complexity index is 181. The number of rotatable bonds is 1. The largest absolute Gasteiger partial charge is 0.468 e. The highest BCUT2D eigenvalue weighted by atomic mass is 16.5. The van der Waals surface area contributed by atoms with Crippen molar-refractivity contribution in [2.75, 3.05) is 7.11 Å². The first-order chi connectivity index (χ1) is 5.58. The van der Waals surface area contributed by atoms with Gasteiger partial charge in [0.15, 0.2) is 0 Å². The van der Waals surface area contributed by atoms with Crippen molar-refractivity contribution in [3.8, 4) is 0 Å². The molecule has 0 aromatic rings. The van der Waals surface area contributed by atoms with Crippen LogP contribution < -0.4 is 5.73 Å². The second kappa shape index (κ2) is 3.44. The van der Waals surface area contributed by atoms with Crippen LogP contribution in [0, 0.1) is 5.92 Å². The maximum atomic E-state index is 11.3. The molecule has 0 aliphatic heterocycles. The van der Waals surface area contributed by atoms with Crippen LogP contribution in [0.1, 0.15) is 32.6 Å². The molecule has 3 nitrogen and oxygen atoms in total. The van der Waals surface area contributed by atoms with E-state index in [-0.39, 0.29) is 5.97 Å². The van der Waals surface area contributed by atoms with Crippen molar-refractivity contribution in [3.63, 3.8) is 0 Å². The molecule has 0 aromatic heterocycles. The lowest BCUT2D eigenvalue weighted by atomic mass is 9.77. The smallest absolute Gasteiger partial charge is 0.325 e. The molecule has 0 amide bonds. The summed E-state index contributed by atoms with van der Waals surface area (Å²) in [6.07, 6.45) is 3.74. The molecule has 2 atom stereocenters. The number of methoxy groups -OCH3 is 1. The summed E-state index contributed by atoms with van der Waals surface area (Å²) >= 11 is 0. The maximum Gasteiger partial charge on any atom is 0.325 e. The highest BCUT2D eigenvalue weighted by Crippen LogP contribution is 2.30. The molecule has 0 aromatic carbocycles. The zero-order valence-corrected chi connectivity index (χ0v) is 7.80. The molecular weight excluding hydrogens is 154 g/mol. The lowest BCUT2D eigenvalue weighted by Crippen LogP contribution is -2.51. The van der Waals surface area contributed by atoms with Crippen molar-refractivity contribution in [1.82, 2.24) is 0 Å². The van der Waals surface area contributed by atoms with Gasteiger partial charge < -0.3 is 10.5 Å². The van der Waals surface area contributed by atoms with Crippen LogP contribution in [0.15, 0.2) is 0 Å². The number of esters is 1. The molecule has 1 aliphatic rings. The molecule has 0 radical (unpaired) electrons. The summed E-state index contributed by atoms with van der Waals surface area (Å²) in [5, 5.41) is 0. The summed E-state index contributed by atoms with van der Waals surface area (Å²) < 4.78 is 4.68. The SMILES string of the molecule is COC(=O)[C@@]1(N)CCC[C@@H](C)C1. The number of hydrogen-bond donors (Lipinski definition) is 1. The van der Waals surface area contributed by atoms with E-state index in [4.69, 9.17) is 5.73 Å². The number of carbonyl (C=O) groups excluding carboxylic acids is 1. The summed E-state index contributed by atoms with van der Waals surface area (Å²) in [5.41, 5.74) is 5.23. The summed E-state index contributed by atoms with van der Waals surface area (Å²) in [6.45, 7) is 2.13. The summed E-state index contributed by atoms with van der Waals surface area (Å²) in [7, 11) is 1.40. The van der Waals surface area contributed by atoms with E-state index in [0.29, 0.717) is 5.92 Å². The zero-order chi connectivity index (χ0) is 9.19. The summed E-state index contributed by atoms with van der Waals surface area (Å²) in [5.74, 6) is 0.289. The zero-order valence-electron chi connectivity index (χ0n) is 7.80. The average molecular weight is 171 g/mol. The molecule has 1 rings (SSSR count). The Morgan fingerprint density at radius 2 is 2.33 bits per heavy atom. The number of carbonyl (C=O) groups is 1. The first kappa shape index (κ1) is 9.52. The van der Waals surface area contributed by atoms with E-state index in [1.165, 1.54) is 13.5 Å². The van der Waals surface area contributed by atoms with E-state index in [1.807, 2.05) is 0 Å². The van der Waals surface area contributed by atoms with E-state index in [0.717, 1.165) is 19.3 Å². The fourth-order valence-electron chi connectivity index (χ4n) is 1.98. The van der Waals surface area contributed by atoms with Crippen molar-refractivity contribution in [2.45, 2.75) is 38.1 Å². The van der Waals surface area contributed by atoms with Gasteiger partial charge in [0.25, 0.3) is 0 Å². The van der Waals surface area contributed by atoms with Crippen molar-refractivity contribution in [2.24, 2.45) is 11.7 Å². The lowest BCUT2D eigenvalue weighted by molar-refractivity contribution is -0.149. The Labute approximate surface area is 73.3 Å². The van der Waals surface area contributed by atoms with Crippen LogP contribution >= 0.6 is 0 Å². The van der Waals surface area contributed by atoms with Crippen molar-refractivity contribution >= 4 is 5.97 Å². The average Bonchev–Trinajstić information content (AvgIpc) is 2.02. The van der Waals surface area contributed by atoms with Crippen molar-refractivity contribution in [1.29, 1.82) is 0 Å². The van der Waals surface area contributed by atoms with Crippen LogP contribution in [0.5, 0.6) is 0 Å². The van der Waals surface area contributed by atoms with Gasteiger partial charge in [0.05, 0.1) is 7.11 Å². The third-order valence-electron chi connectivity index (χ3n) is 2.62. The number of hydrogen-bond acceptors (Lipinski definition) is 3. The molecule has 1 fully saturated rings. The first-order valence-electron chi connectivity index (χ1n) is 4.46. The monoisotopic (exact) mass is 171 g/mol.